The maximum absolute atomic E-state index is 12.3. The number of nitrogens with one attached hydrogen (secondary N) is 1. The summed E-state index contributed by atoms with van der Waals surface area (Å²) in [7, 11) is 0. The van der Waals surface area contributed by atoms with Crippen molar-refractivity contribution < 1.29 is 27.9 Å². The number of carbonyl (C=O) groups excluding carboxylic acids is 3. The number of fused-ring (bicyclic) bond motifs is 1. The van der Waals surface area contributed by atoms with Gasteiger partial charge in [0.25, 0.3) is 0 Å². The van der Waals surface area contributed by atoms with Gasteiger partial charge >= 0.3 is 6.61 Å². The second-order valence-electron chi connectivity index (χ2n) is 5.87. The van der Waals surface area contributed by atoms with E-state index in [1.54, 1.807) is 0 Å². The van der Waals surface area contributed by atoms with Crippen molar-refractivity contribution in [1.82, 2.24) is 4.90 Å². The number of imide groups is 1. The Hall–Kier alpha value is -2.77. The quantitative estimate of drug-likeness (QED) is 0.652. The van der Waals surface area contributed by atoms with Crippen molar-refractivity contribution in [1.29, 1.82) is 0 Å². The lowest BCUT2D eigenvalue weighted by Crippen LogP contribution is -2.38. The van der Waals surface area contributed by atoms with E-state index in [1.807, 2.05) is 12.2 Å². The van der Waals surface area contributed by atoms with Gasteiger partial charge in [0.15, 0.2) is 0 Å². The molecule has 0 radical (unpaired) electrons. The van der Waals surface area contributed by atoms with Gasteiger partial charge in [0, 0.05) is 5.69 Å². The van der Waals surface area contributed by atoms with E-state index in [2.05, 4.69) is 10.1 Å². The molecule has 1 aromatic carbocycles. The van der Waals surface area contributed by atoms with E-state index in [4.69, 9.17) is 0 Å². The number of allylic oxidation sites excluding steroid dienone is 2. The Bertz CT molecular complexity index is 692. The zero-order valence-electron chi connectivity index (χ0n) is 13.2. The minimum Gasteiger partial charge on any atom is -0.435 e. The largest absolute Gasteiger partial charge is 0.435 e. The van der Waals surface area contributed by atoms with Crippen LogP contribution in [0.5, 0.6) is 5.75 Å². The van der Waals surface area contributed by atoms with Crippen LogP contribution in [-0.2, 0) is 14.4 Å². The zero-order chi connectivity index (χ0) is 18.0. The average molecular weight is 350 g/mol. The Morgan fingerprint density at radius 2 is 1.68 bits per heavy atom. The van der Waals surface area contributed by atoms with Gasteiger partial charge in [-0.3, -0.25) is 19.3 Å². The number of ether oxygens (including phenoxy) is 1. The molecule has 8 heteroatoms. The minimum absolute atomic E-state index is 0.0329. The van der Waals surface area contributed by atoms with Crippen LogP contribution in [0.3, 0.4) is 0 Å². The van der Waals surface area contributed by atoms with Crippen molar-refractivity contribution in [2.45, 2.75) is 19.5 Å². The van der Waals surface area contributed by atoms with Crippen LogP contribution >= 0.6 is 0 Å². The Balaban J connectivity index is 1.59. The maximum Gasteiger partial charge on any atom is 0.387 e. The molecule has 25 heavy (non-hydrogen) atoms. The highest BCUT2D eigenvalue weighted by Crippen LogP contribution is 2.34. The van der Waals surface area contributed by atoms with Crippen molar-refractivity contribution in [2.75, 3.05) is 11.9 Å². The number of rotatable bonds is 5. The number of amides is 3. The van der Waals surface area contributed by atoms with E-state index in [0.717, 1.165) is 4.90 Å². The van der Waals surface area contributed by atoms with Crippen molar-refractivity contribution >= 4 is 23.4 Å². The number of halogens is 2. The van der Waals surface area contributed by atoms with Crippen molar-refractivity contribution in [2.24, 2.45) is 11.8 Å². The first-order valence-corrected chi connectivity index (χ1v) is 7.80. The molecule has 2 aliphatic rings. The fourth-order valence-corrected chi connectivity index (χ4v) is 3.09. The van der Waals surface area contributed by atoms with Gasteiger partial charge in [-0.15, -0.1) is 0 Å². The first kappa shape index (κ1) is 17.1. The third-order valence-electron chi connectivity index (χ3n) is 4.26. The normalized spacial score (nSPS) is 22.3. The van der Waals surface area contributed by atoms with Gasteiger partial charge in [0.2, 0.25) is 17.7 Å². The number of likely N-dealkylation sites (tertiary alicyclic amines) is 1. The lowest BCUT2D eigenvalue weighted by atomic mass is 9.85. The molecule has 0 saturated carbocycles. The van der Waals surface area contributed by atoms with Crippen LogP contribution in [0.25, 0.3) is 0 Å². The van der Waals surface area contributed by atoms with Crippen LogP contribution in [-0.4, -0.2) is 35.8 Å². The van der Waals surface area contributed by atoms with Gasteiger partial charge in [0.1, 0.15) is 12.3 Å². The predicted molar refractivity (Wildman–Crippen MR) is 83.8 cm³/mol. The van der Waals surface area contributed by atoms with Crippen molar-refractivity contribution in [3.05, 3.63) is 36.4 Å². The average Bonchev–Trinajstić information content (AvgIpc) is 2.82. The number of alkyl halides is 2. The summed E-state index contributed by atoms with van der Waals surface area (Å²) in [6, 6.07) is 5.36. The molecular formula is C17H16F2N2O4. The molecule has 132 valence electrons. The third-order valence-corrected chi connectivity index (χ3v) is 4.26. The standard InChI is InChI=1S/C17H16F2N2O4/c18-17(19)25-11-7-5-10(6-8-11)20-14(22)9-21-15(23)12-3-1-2-4-13(12)16(21)24/h1-2,5-8,12-13,17H,3-4,9H2,(H,20,22). The highest BCUT2D eigenvalue weighted by atomic mass is 19.3. The van der Waals surface area contributed by atoms with Gasteiger partial charge < -0.3 is 10.1 Å². The van der Waals surface area contributed by atoms with Crippen LogP contribution in [0.4, 0.5) is 14.5 Å². The summed E-state index contributed by atoms with van der Waals surface area (Å²) in [6.07, 6.45) is 4.77. The molecule has 1 aliphatic carbocycles. The Morgan fingerprint density at radius 3 is 2.20 bits per heavy atom. The first-order chi connectivity index (χ1) is 12.0. The van der Waals surface area contributed by atoms with Gasteiger partial charge in [-0.05, 0) is 37.1 Å². The molecule has 3 amide bonds. The minimum atomic E-state index is -2.93. The summed E-state index contributed by atoms with van der Waals surface area (Å²) in [5.74, 6) is -1.97. The molecule has 1 aromatic rings. The predicted octanol–water partition coefficient (Wildman–Crippen LogP) is 2.18. The molecule has 2 atom stereocenters. The summed E-state index contributed by atoms with van der Waals surface area (Å²) in [5, 5.41) is 2.53. The highest BCUT2D eigenvalue weighted by molar-refractivity contribution is 6.08. The molecule has 1 heterocycles. The Morgan fingerprint density at radius 1 is 1.12 bits per heavy atom. The van der Waals surface area contributed by atoms with Gasteiger partial charge in [0.05, 0.1) is 11.8 Å². The van der Waals surface area contributed by atoms with E-state index < -0.39 is 12.5 Å². The zero-order valence-corrected chi connectivity index (χ0v) is 13.2. The maximum atomic E-state index is 12.3. The van der Waals surface area contributed by atoms with Crippen molar-refractivity contribution in [3.8, 4) is 5.75 Å². The monoisotopic (exact) mass is 350 g/mol. The molecule has 0 aromatic heterocycles. The summed E-state index contributed by atoms with van der Waals surface area (Å²) >= 11 is 0. The summed E-state index contributed by atoms with van der Waals surface area (Å²) in [4.78, 5) is 37.7. The van der Waals surface area contributed by atoms with Crippen molar-refractivity contribution in [3.63, 3.8) is 0 Å². The smallest absolute Gasteiger partial charge is 0.387 e. The number of hydrogen-bond acceptors (Lipinski definition) is 4. The number of carbonyl (C=O) groups is 3. The third kappa shape index (κ3) is 3.67. The number of benzene rings is 1. The molecule has 2 unspecified atom stereocenters. The first-order valence-electron chi connectivity index (χ1n) is 7.80. The molecule has 0 spiro atoms. The van der Waals surface area contributed by atoms with Gasteiger partial charge in [-0.25, -0.2) is 0 Å². The topological polar surface area (TPSA) is 75.7 Å². The molecule has 1 saturated heterocycles. The lowest BCUT2D eigenvalue weighted by molar-refractivity contribution is -0.142. The van der Waals surface area contributed by atoms with Crippen LogP contribution in [0.1, 0.15) is 12.8 Å². The van der Waals surface area contributed by atoms with Gasteiger partial charge in [-0.2, -0.15) is 8.78 Å². The molecular weight excluding hydrogens is 334 g/mol. The lowest BCUT2D eigenvalue weighted by Gasteiger charge is -2.14. The van der Waals surface area contributed by atoms with E-state index in [0.29, 0.717) is 18.5 Å². The van der Waals surface area contributed by atoms with Crippen LogP contribution in [0.2, 0.25) is 0 Å². The SMILES string of the molecule is O=C(CN1C(=O)C2CC=CCC2C1=O)Nc1ccc(OC(F)F)cc1. The summed E-state index contributed by atoms with van der Waals surface area (Å²) in [5.41, 5.74) is 0.352. The van der Waals surface area contributed by atoms with E-state index >= 15 is 0 Å². The second-order valence-corrected chi connectivity index (χ2v) is 5.87. The second kappa shape index (κ2) is 7.00. The fourth-order valence-electron chi connectivity index (χ4n) is 3.09. The molecule has 0 bridgehead atoms. The molecule has 3 rings (SSSR count). The number of nitrogens with zero attached hydrogens (tertiary/aromatic N) is 1. The summed E-state index contributed by atoms with van der Waals surface area (Å²) < 4.78 is 28.4. The van der Waals surface area contributed by atoms with E-state index in [1.165, 1.54) is 24.3 Å². The van der Waals surface area contributed by atoms with E-state index in [9.17, 15) is 23.2 Å². The number of anilines is 1. The Kier molecular flexibility index (Phi) is 4.78. The number of hydrogen-bond donors (Lipinski definition) is 1. The van der Waals surface area contributed by atoms with Crippen LogP contribution in [0.15, 0.2) is 36.4 Å². The molecule has 6 nitrogen and oxygen atoms in total. The molecule has 1 N–H and O–H groups in total. The van der Waals surface area contributed by atoms with E-state index in [-0.39, 0.29) is 35.9 Å². The molecule has 1 fully saturated rings. The fraction of sp³-hybridized carbons (Fsp3) is 0.353. The van der Waals surface area contributed by atoms with Crippen LogP contribution in [0, 0.1) is 11.8 Å². The summed E-state index contributed by atoms with van der Waals surface area (Å²) in [6.45, 7) is -3.29. The Labute approximate surface area is 142 Å². The van der Waals surface area contributed by atoms with Gasteiger partial charge in [-0.1, -0.05) is 12.2 Å². The van der Waals surface area contributed by atoms with Crippen LogP contribution < -0.4 is 10.1 Å². The molecule has 1 aliphatic heterocycles. The highest BCUT2D eigenvalue weighted by Gasteiger charge is 2.47.